The van der Waals surface area contributed by atoms with Crippen molar-refractivity contribution in [1.29, 1.82) is 0 Å². The number of carbonyl (C=O) groups excluding carboxylic acids is 1. The highest BCUT2D eigenvalue weighted by atomic mass is 16.5. The topological polar surface area (TPSA) is 67.6 Å². The fraction of sp³-hybridized carbons (Fsp3) is 0.750. The highest BCUT2D eigenvalue weighted by Crippen LogP contribution is 2.24. The number of amides is 1. The predicted octanol–water partition coefficient (Wildman–Crippen LogP) is 1.28. The maximum Gasteiger partial charge on any atom is 0.244 e. The Morgan fingerprint density at radius 3 is 2.73 bits per heavy atom. The first kappa shape index (κ1) is 17.0. The van der Waals surface area contributed by atoms with Crippen molar-refractivity contribution in [3.05, 3.63) is 17.5 Å². The Kier molecular flexibility index (Phi) is 5.58. The lowest BCUT2D eigenvalue weighted by Gasteiger charge is -2.33. The summed E-state index contributed by atoms with van der Waals surface area (Å²) in [6.45, 7) is 4.06. The van der Waals surface area contributed by atoms with Gasteiger partial charge >= 0.3 is 0 Å². The van der Waals surface area contributed by atoms with E-state index in [0.717, 1.165) is 37.1 Å². The van der Waals surface area contributed by atoms with Crippen LogP contribution < -0.4 is 0 Å². The Labute approximate surface area is 132 Å². The summed E-state index contributed by atoms with van der Waals surface area (Å²) < 4.78 is 7.09. The van der Waals surface area contributed by atoms with Crippen molar-refractivity contribution >= 4 is 5.91 Å². The number of nitrogens with zero attached hydrogens (tertiary/aromatic N) is 3. The van der Waals surface area contributed by atoms with Crippen LogP contribution in [0.4, 0.5) is 0 Å². The number of aryl methyl sites for hydroxylation is 2. The van der Waals surface area contributed by atoms with Gasteiger partial charge in [0.2, 0.25) is 5.91 Å². The molecule has 0 radical (unpaired) electrons. The Balaban J connectivity index is 2.06. The molecule has 0 bridgehead atoms. The van der Waals surface area contributed by atoms with Gasteiger partial charge in [-0.3, -0.25) is 9.48 Å². The van der Waals surface area contributed by atoms with Gasteiger partial charge in [-0.25, -0.2) is 0 Å². The number of methoxy groups -OCH3 is 1. The summed E-state index contributed by atoms with van der Waals surface area (Å²) in [5.41, 5.74) is 1.87. The second-order valence-electron chi connectivity index (χ2n) is 6.21. The monoisotopic (exact) mass is 309 g/mol. The molecular formula is C16H27N3O3. The van der Waals surface area contributed by atoms with Crippen LogP contribution >= 0.6 is 0 Å². The van der Waals surface area contributed by atoms with E-state index in [0.29, 0.717) is 0 Å². The van der Waals surface area contributed by atoms with Crippen molar-refractivity contribution in [2.45, 2.75) is 64.3 Å². The van der Waals surface area contributed by atoms with Crippen molar-refractivity contribution in [2.75, 3.05) is 14.2 Å². The van der Waals surface area contributed by atoms with E-state index < -0.39 is 6.10 Å². The Bertz CT molecular complexity index is 515. The van der Waals surface area contributed by atoms with Gasteiger partial charge in [0.25, 0.3) is 0 Å². The van der Waals surface area contributed by atoms with E-state index in [1.54, 1.807) is 23.7 Å². The zero-order valence-electron chi connectivity index (χ0n) is 14.0. The molecule has 0 unspecified atom stereocenters. The molecule has 1 aromatic heterocycles. The minimum Gasteiger partial charge on any atom is -0.388 e. The Hall–Kier alpha value is -1.40. The van der Waals surface area contributed by atoms with Crippen LogP contribution in [0.2, 0.25) is 0 Å². The van der Waals surface area contributed by atoms with Crippen LogP contribution in [-0.4, -0.2) is 58.1 Å². The molecule has 1 saturated carbocycles. The molecule has 0 aromatic carbocycles. The maximum absolute atomic E-state index is 12.5. The highest BCUT2D eigenvalue weighted by molar-refractivity contribution is 5.76. The van der Waals surface area contributed by atoms with Crippen molar-refractivity contribution in [3.63, 3.8) is 0 Å². The number of aliphatic hydroxyl groups excluding tert-OH is 1. The fourth-order valence-corrected chi connectivity index (χ4v) is 3.23. The summed E-state index contributed by atoms with van der Waals surface area (Å²) in [7, 11) is 3.38. The van der Waals surface area contributed by atoms with Gasteiger partial charge in [-0.05, 0) is 32.8 Å². The average molecular weight is 309 g/mol. The molecule has 1 N–H and O–H groups in total. The Morgan fingerprint density at radius 2 is 2.14 bits per heavy atom. The first-order chi connectivity index (χ1) is 10.4. The molecular weight excluding hydrogens is 282 g/mol. The van der Waals surface area contributed by atoms with Crippen LogP contribution in [0.5, 0.6) is 0 Å². The molecule has 124 valence electrons. The molecule has 0 spiro atoms. The van der Waals surface area contributed by atoms with Gasteiger partial charge in [-0.15, -0.1) is 0 Å². The van der Waals surface area contributed by atoms with E-state index in [2.05, 4.69) is 5.10 Å². The van der Waals surface area contributed by atoms with Crippen LogP contribution in [0.3, 0.4) is 0 Å². The summed E-state index contributed by atoms with van der Waals surface area (Å²) in [4.78, 5) is 14.2. The molecule has 3 atom stereocenters. The minimum atomic E-state index is -0.637. The molecule has 1 aliphatic carbocycles. The van der Waals surface area contributed by atoms with E-state index in [9.17, 15) is 9.90 Å². The van der Waals surface area contributed by atoms with Gasteiger partial charge in [0.1, 0.15) is 12.6 Å². The summed E-state index contributed by atoms with van der Waals surface area (Å²) in [5.74, 6) is -0.0352. The Morgan fingerprint density at radius 1 is 1.45 bits per heavy atom. The first-order valence-corrected chi connectivity index (χ1v) is 7.91. The van der Waals surface area contributed by atoms with Gasteiger partial charge < -0.3 is 14.7 Å². The first-order valence-electron chi connectivity index (χ1n) is 7.91. The summed E-state index contributed by atoms with van der Waals surface area (Å²) in [6, 6.07) is 1.76. The van der Waals surface area contributed by atoms with Gasteiger partial charge in [-0.1, -0.05) is 12.8 Å². The summed E-state index contributed by atoms with van der Waals surface area (Å²) in [6.07, 6.45) is 2.83. The lowest BCUT2D eigenvalue weighted by Crippen LogP contribution is -2.49. The maximum atomic E-state index is 12.5. The smallest absolute Gasteiger partial charge is 0.244 e. The minimum absolute atomic E-state index is 0.0352. The van der Waals surface area contributed by atoms with E-state index in [1.807, 2.05) is 19.9 Å². The molecule has 1 heterocycles. The number of aliphatic hydroxyl groups is 1. The second kappa shape index (κ2) is 7.24. The fourth-order valence-electron chi connectivity index (χ4n) is 3.23. The van der Waals surface area contributed by atoms with Crippen LogP contribution in [0.15, 0.2) is 6.07 Å². The number of aromatic nitrogens is 2. The van der Waals surface area contributed by atoms with Crippen LogP contribution in [0, 0.1) is 13.8 Å². The molecule has 1 aromatic rings. The molecule has 2 rings (SSSR count). The van der Waals surface area contributed by atoms with Crippen LogP contribution in [0.1, 0.15) is 37.1 Å². The summed E-state index contributed by atoms with van der Waals surface area (Å²) in [5, 5.41) is 14.8. The third kappa shape index (κ3) is 3.67. The molecule has 1 fully saturated rings. The molecule has 0 aliphatic heterocycles. The largest absolute Gasteiger partial charge is 0.388 e. The third-order valence-corrected chi connectivity index (χ3v) is 4.60. The average Bonchev–Trinajstić information content (AvgIpc) is 2.68. The van der Waals surface area contributed by atoms with E-state index >= 15 is 0 Å². The molecule has 6 heteroatoms. The SMILES string of the molecule is CO[C@@H]1CCCC[C@@H](N(C)C(=O)Cn2nc(C)cc2C)[C@H]1O. The van der Waals surface area contributed by atoms with Crippen molar-refractivity contribution in [3.8, 4) is 0 Å². The van der Waals surface area contributed by atoms with Gasteiger partial charge in [0.15, 0.2) is 0 Å². The number of ether oxygens (including phenoxy) is 1. The number of hydrogen-bond acceptors (Lipinski definition) is 4. The van der Waals surface area contributed by atoms with Gasteiger partial charge in [0.05, 0.1) is 17.8 Å². The normalized spacial score (nSPS) is 25.8. The molecule has 1 aliphatic rings. The van der Waals surface area contributed by atoms with Gasteiger partial charge in [-0.2, -0.15) is 5.10 Å². The standard InChI is InChI=1S/C16H27N3O3/c1-11-9-12(2)19(17-11)10-15(20)18(3)13-7-5-6-8-14(22-4)16(13)21/h9,13-14,16,21H,5-8,10H2,1-4H3/t13-,14-,16-/m1/s1. The van der Waals surface area contributed by atoms with Crippen LogP contribution in [0.25, 0.3) is 0 Å². The zero-order chi connectivity index (χ0) is 16.3. The number of likely N-dealkylation sites (N-methyl/N-ethyl adjacent to an activating group) is 1. The van der Waals surface area contributed by atoms with E-state index in [-0.39, 0.29) is 24.6 Å². The number of hydrogen-bond donors (Lipinski definition) is 1. The lowest BCUT2D eigenvalue weighted by molar-refractivity contribution is -0.138. The molecule has 1 amide bonds. The van der Waals surface area contributed by atoms with Crippen molar-refractivity contribution in [1.82, 2.24) is 14.7 Å². The second-order valence-corrected chi connectivity index (χ2v) is 6.21. The lowest BCUT2D eigenvalue weighted by atomic mass is 10.0. The molecule has 0 saturated heterocycles. The highest BCUT2D eigenvalue weighted by Gasteiger charge is 2.34. The van der Waals surface area contributed by atoms with E-state index in [4.69, 9.17) is 4.74 Å². The predicted molar refractivity (Wildman–Crippen MR) is 83.5 cm³/mol. The number of carbonyl (C=O) groups is 1. The summed E-state index contributed by atoms with van der Waals surface area (Å²) >= 11 is 0. The van der Waals surface area contributed by atoms with Crippen LogP contribution in [-0.2, 0) is 16.1 Å². The zero-order valence-corrected chi connectivity index (χ0v) is 14.0. The van der Waals surface area contributed by atoms with E-state index in [1.165, 1.54) is 0 Å². The molecule has 6 nitrogen and oxygen atoms in total. The van der Waals surface area contributed by atoms with Crippen molar-refractivity contribution < 1.29 is 14.6 Å². The van der Waals surface area contributed by atoms with Gasteiger partial charge in [0, 0.05) is 19.9 Å². The third-order valence-electron chi connectivity index (χ3n) is 4.60. The molecule has 22 heavy (non-hydrogen) atoms. The number of rotatable bonds is 4. The quantitative estimate of drug-likeness (QED) is 0.851. The van der Waals surface area contributed by atoms with Crippen molar-refractivity contribution in [2.24, 2.45) is 0 Å².